The SMILES string of the molecule is CCCn1c2c(c(O)c(C(=O)Nc3cccc(F)c3)c1=O)CC(C)CC2. The van der Waals surface area contributed by atoms with Gasteiger partial charge in [0.1, 0.15) is 17.1 Å². The summed E-state index contributed by atoms with van der Waals surface area (Å²) in [6.07, 6.45) is 3.04. The Hall–Kier alpha value is -2.63. The number of fused-ring (bicyclic) bond motifs is 1. The van der Waals surface area contributed by atoms with Gasteiger partial charge in [0.25, 0.3) is 11.5 Å². The van der Waals surface area contributed by atoms with Crippen LogP contribution in [-0.2, 0) is 19.4 Å². The molecule has 0 fully saturated rings. The van der Waals surface area contributed by atoms with Crippen molar-refractivity contribution in [1.29, 1.82) is 0 Å². The van der Waals surface area contributed by atoms with E-state index in [2.05, 4.69) is 12.2 Å². The first-order valence-electron chi connectivity index (χ1n) is 8.96. The van der Waals surface area contributed by atoms with Crippen LogP contribution in [0.3, 0.4) is 0 Å². The van der Waals surface area contributed by atoms with Crippen molar-refractivity contribution in [3.8, 4) is 5.75 Å². The number of nitrogens with one attached hydrogen (secondary N) is 1. The molecule has 1 heterocycles. The van der Waals surface area contributed by atoms with Crippen LogP contribution in [0, 0.1) is 11.7 Å². The first-order chi connectivity index (χ1) is 12.4. The highest BCUT2D eigenvalue weighted by Gasteiger charge is 2.29. The standard InChI is InChI=1S/C20H23FN2O3/c1-3-9-23-16-8-7-12(2)10-15(16)18(24)17(20(23)26)19(25)22-14-6-4-5-13(21)11-14/h4-6,11-12,24H,3,7-10H2,1-2H3,(H,22,25). The van der Waals surface area contributed by atoms with Gasteiger partial charge in [-0.2, -0.15) is 0 Å². The first kappa shape index (κ1) is 18.2. The zero-order valence-electron chi connectivity index (χ0n) is 15.0. The summed E-state index contributed by atoms with van der Waals surface area (Å²) >= 11 is 0. The van der Waals surface area contributed by atoms with E-state index in [0.29, 0.717) is 30.9 Å². The minimum atomic E-state index is -0.719. The zero-order chi connectivity index (χ0) is 18.8. The Labute approximate surface area is 151 Å². The largest absolute Gasteiger partial charge is 0.507 e. The molecule has 0 bridgehead atoms. The molecule has 138 valence electrons. The third kappa shape index (κ3) is 3.36. The number of hydrogen-bond donors (Lipinski definition) is 2. The van der Waals surface area contributed by atoms with Crippen LogP contribution in [0.1, 0.15) is 48.3 Å². The molecular formula is C20H23FN2O3. The third-order valence-corrected chi connectivity index (χ3v) is 4.84. The number of anilines is 1. The number of pyridine rings is 1. The molecule has 1 unspecified atom stereocenters. The molecule has 1 aromatic carbocycles. The van der Waals surface area contributed by atoms with E-state index in [4.69, 9.17) is 0 Å². The number of amides is 1. The van der Waals surface area contributed by atoms with Crippen molar-refractivity contribution in [3.63, 3.8) is 0 Å². The van der Waals surface area contributed by atoms with Crippen LogP contribution in [0.4, 0.5) is 10.1 Å². The van der Waals surface area contributed by atoms with E-state index < -0.39 is 17.3 Å². The number of carbonyl (C=O) groups excluding carboxylic acids is 1. The van der Waals surface area contributed by atoms with Crippen molar-refractivity contribution in [2.24, 2.45) is 5.92 Å². The number of nitrogens with zero attached hydrogens (tertiary/aromatic N) is 1. The van der Waals surface area contributed by atoms with E-state index >= 15 is 0 Å². The maximum atomic E-state index is 13.3. The van der Waals surface area contributed by atoms with Crippen LogP contribution in [0.25, 0.3) is 0 Å². The molecular weight excluding hydrogens is 335 g/mol. The minimum Gasteiger partial charge on any atom is -0.507 e. The van der Waals surface area contributed by atoms with Gasteiger partial charge in [-0.3, -0.25) is 9.59 Å². The summed E-state index contributed by atoms with van der Waals surface area (Å²) in [6, 6.07) is 5.43. The summed E-state index contributed by atoms with van der Waals surface area (Å²) in [5.41, 5.74) is 0.986. The quantitative estimate of drug-likeness (QED) is 0.879. The van der Waals surface area contributed by atoms with Crippen molar-refractivity contribution in [3.05, 3.63) is 57.3 Å². The van der Waals surface area contributed by atoms with Gasteiger partial charge in [-0.1, -0.05) is 19.9 Å². The molecule has 1 amide bonds. The number of carbonyl (C=O) groups is 1. The number of hydrogen-bond acceptors (Lipinski definition) is 3. The van der Waals surface area contributed by atoms with Crippen LogP contribution in [0.2, 0.25) is 0 Å². The third-order valence-electron chi connectivity index (χ3n) is 4.84. The molecule has 6 heteroatoms. The average Bonchev–Trinajstić information content (AvgIpc) is 2.59. The minimum absolute atomic E-state index is 0.238. The molecule has 0 aliphatic heterocycles. The van der Waals surface area contributed by atoms with Crippen LogP contribution in [0.5, 0.6) is 5.75 Å². The second-order valence-corrected chi connectivity index (χ2v) is 6.92. The maximum Gasteiger partial charge on any atom is 0.267 e. The summed E-state index contributed by atoms with van der Waals surface area (Å²) in [4.78, 5) is 25.6. The van der Waals surface area contributed by atoms with Gasteiger partial charge in [-0.25, -0.2) is 4.39 Å². The van der Waals surface area contributed by atoms with Crippen LogP contribution in [-0.4, -0.2) is 15.6 Å². The lowest BCUT2D eigenvalue weighted by Crippen LogP contribution is -2.34. The van der Waals surface area contributed by atoms with Crippen LogP contribution >= 0.6 is 0 Å². The second kappa shape index (κ2) is 7.32. The van der Waals surface area contributed by atoms with Gasteiger partial charge >= 0.3 is 0 Å². The lowest BCUT2D eigenvalue weighted by molar-refractivity contribution is 0.102. The molecule has 0 saturated carbocycles. The van der Waals surface area contributed by atoms with Crippen molar-refractivity contribution in [2.75, 3.05) is 5.32 Å². The lowest BCUT2D eigenvalue weighted by Gasteiger charge is -2.26. The number of aromatic hydroxyl groups is 1. The molecule has 0 spiro atoms. The molecule has 26 heavy (non-hydrogen) atoms. The second-order valence-electron chi connectivity index (χ2n) is 6.92. The van der Waals surface area contributed by atoms with Gasteiger partial charge in [0.15, 0.2) is 0 Å². The Kier molecular flexibility index (Phi) is 5.11. The molecule has 1 aliphatic carbocycles. The number of halogens is 1. The Bertz CT molecular complexity index is 905. The van der Waals surface area contributed by atoms with Gasteiger partial charge in [0.05, 0.1) is 0 Å². The lowest BCUT2D eigenvalue weighted by atomic mass is 9.86. The molecule has 1 atom stereocenters. The van der Waals surface area contributed by atoms with Gasteiger partial charge in [0, 0.05) is 23.5 Å². The van der Waals surface area contributed by atoms with Crippen molar-refractivity contribution < 1.29 is 14.3 Å². The van der Waals surface area contributed by atoms with E-state index in [9.17, 15) is 19.1 Å². The van der Waals surface area contributed by atoms with Gasteiger partial charge in [-0.15, -0.1) is 0 Å². The summed E-state index contributed by atoms with van der Waals surface area (Å²) in [5.74, 6) is -1.07. The van der Waals surface area contributed by atoms with Gasteiger partial charge in [0.2, 0.25) is 0 Å². The van der Waals surface area contributed by atoms with E-state index in [1.165, 1.54) is 24.3 Å². The maximum absolute atomic E-state index is 13.3. The predicted molar refractivity (Wildman–Crippen MR) is 98.2 cm³/mol. The van der Waals surface area contributed by atoms with Gasteiger partial charge in [-0.05, 0) is 49.8 Å². The number of rotatable bonds is 4. The topological polar surface area (TPSA) is 71.3 Å². The smallest absolute Gasteiger partial charge is 0.267 e. The van der Waals surface area contributed by atoms with E-state index in [1.807, 2.05) is 6.92 Å². The molecule has 5 nitrogen and oxygen atoms in total. The predicted octanol–water partition coefficient (Wildman–Crippen LogP) is 3.48. The van der Waals surface area contributed by atoms with Crippen LogP contribution < -0.4 is 10.9 Å². The fraction of sp³-hybridized carbons (Fsp3) is 0.400. The van der Waals surface area contributed by atoms with E-state index in [-0.39, 0.29) is 17.0 Å². The summed E-state index contributed by atoms with van der Waals surface area (Å²) in [6.45, 7) is 4.55. The molecule has 2 N–H and O–H groups in total. The summed E-state index contributed by atoms with van der Waals surface area (Å²) in [5, 5.41) is 13.2. The number of aromatic nitrogens is 1. The molecule has 3 rings (SSSR count). The number of benzene rings is 1. The highest BCUT2D eigenvalue weighted by atomic mass is 19.1. The van der Waals surface area contributed by atoms with E-state index in [0.717, 1.165) is 18.5 Å². The summed E-state index contributed by atoms with van der Waals surface area (Å²) in [7, 11) is 0. The van der Waals surface area contributed by atoms with Crippen LogP contribution in [0.15, 0.2) is 29.1 Å². The molecule has 1 aromatic heterocycles. The Morgan fingerprint density at radius 2 is 2.19 bits per heavy atom. The Morgan fingerprint density at radius 1 is 1.42 bits per heavy atom. The molecule has 0 radical (unpaired) electrons. The highest BCUT2D eigenvalue weighted by Crippen LogP contribution is 2.33. The average molecular weight is 358 g/mol. The molecule has 0 saturated heterocycles. The van der Waals surface area contributed by atoms with Crippen molar-refractivity contribution in [2.45, 2.75) is 46.1 Å². The Balaban J connectivity index is 2.08. The van der Waals surface area contributed by atoms with Crippen molar-refractivity contribution in [1.82, 2.24) is 4.57 Å². The van der Waals surface area contributed by atoms with Gasteiger partial charge < -0.3 is 15.0 Å². The first-order valence-corrected chi connectivity index (χ1v) is 8.96. The van der Waals surface area contributed by atoms with E-state index in [1.54, 1.807) is 4.57 Å². The zero-order valence-corrected chi connectivity index (χ0v) is 15.0. The monoisotopic (exact) mass is 358 g/mol. The Morgan fingerprint density at radius 3 is 2.88 bits per heavy atom. The normalized spacial score (nSPS) is 16.2. The molecule has 1 aliphatic rings. The molecule has 2 aromatic rings. The fourth-order valence-corrected chi connectivity index (χ4v) is 3.57. The fourth-order valence-electron chi connectivity index (χ4n) is 3.57. The summed E-state index contributed by atoms with van der Waals surface area (Å²) < 4.78 is 15.0. The highest BCUT2D eigenvalue weighted by molar-refractivity contribution is 6.06. The van der Waals surface area contributed by atoms with Crippen molar-refractivity contribution >= 4 is 11.6 Å².